The number of primary amides is 1. The van der Waals surface area contributed by atoms with E-state index in [1.807, 2.05) is 20.3 Å². The number of amides is 1. The van der Waals surface area contributed by atoms with Gasteiger partial charge in [-0.2, -0.15) is 0 Å². The van der Waals surface area contributed by atoms with Crippen molar-refractivity contribution in [1.29, 1.82) is 0 Å². The minimum Gasteiger partial charge on any atom is -0.369 e. The first-order chi connectivity index (χ1) is 4.22. The van der Waals surface area contributed by atoms with Crippen molar-refractivity contribution in [3.05, 3.63) is 6.42 Å². The lowest BCUT2D eigenvalue weighted by Gasteiger charge is -2.06. The van der Waals surface area contributed by atoms with Crippen molar-refractivity contribution in [2.45, 2.75) is 26.7 Å². The third kappa shape index (κ3) is 3.12. The van der Waals surface area contributed by atoms with E-state index in [1.54, 1.807) is 0 Å². The van der Waals surface area contributed by atoms with Gasteiger partial charge in [0.05, 0.1) is 0 Å². The van der Waals surface area contributed by atoms with Gasteiger partial charge in [0.25, 0.3) is 0 Å². The van der Waals surface area contributed by atoms with Gasteiger partial charge in [-0.1, -0.05) is 20.3 Å². The molecule has 0 saturated carbocycles. The topological polar surface area (TPSA) is 43.1 Å². The Morgan fingerprint density at radius 1 is 1.67 bits per heavy atom. The SMILES string of the molecule is CC[CH]C(CC)C(N)=O. The quantitative estimate of drug-likeness (QED) is 0.605. The Morgan fingerprint density at radius 3 is 2.33 bits per heavy atom. The number of hydrogen-bond acceptors (Lipinski definition) is 1. The van der Waals surface area contributed by atoms with Crippen LogP contribution in [0.25, 0.3) is 0 Å². The molecule has 0 fully saturated rings. The van der Waals surface area contributed by atoms with Crippen molar-refractivity contribution in [1.82, 2.24) is 0 Å². The molecule has 2 nitrogen and oxygen atoms in total. The summed E-state index contributed by atoms with van der Waals surface area (Å²) in [7, 11) is 0. The van der Waals surface area contributed by atoms with E-state index in [9.17, 15) is 4.79 Å². The Hall–Kier alpha value is -0.530. The predicted octanol–water partition coefficient (Wildman–Crippen LogP) is 1.11. The molecular weight excluding hydrogens is 114 g/mol. The predicted molar refractivity (Wildman–Crippen MR) is 37.6 cm³/mol. The largest absolute Gasteiger partial charge is 0.369 e. The van der Waals surface area contributed by atoms with Gasteiger partial charge < -0.3 is 5.73 Å². The van der Waals surface area contributed by atoms with E-state index < -0.39 is 0 Å². The van der Waals surface area contributed by atoms with E-state index in [1.165, 1.54) is 0 Å². The van der Waals surface area contributed by atoms with E-state index in [-0.39, 0.29) is 11.8 Å². The van der Waals surface area contributed by atoms with E-state index in [4.69, 9.17) is 5.73 Å². The molecule has 2 heteroatoms. The molecule has 1 atom stereocenters. The third-order valence-electron chi connectivity index (χ3n) is 1.33. The molecule has 0 saturated heterocycles. The second-order valence-electron chi connectivity index (χ2n) is 2.06. The lowest BCUT2D eigenvalue weighted by atomic mass is 10.0. The third-order valence-corrected chi connectivity index (χ3v) is 1.33. The molecule has 9 heavy (non-hydrogen) atoms. The highest BCUT2D eigenvalue weighted by Crippen LogP contribution is 2.07. The average Bonchev–Trinajstić information content (AvgIpc) is 1.82. The molecule has 0 aliphatic rings. The van der Waals surface area contributed by atoms with Crippen LogP contribution in [0.4, 0.5) is 0 Å². The molecular formula is C7H14NO. The molecule has 53 valence electrons. The lowest BCUT2D eigenvalue weighted by Crippen LogP contribution is -2.22. The van der Waals surface area contributed by atoms with Gasteiger partial charge in [0, 0.05) is 5.92 Å². The smallest absolute Gasteiger partial charge is 0.220 e. The normalized spacial score (nSPS) is 13.1. The summed E-state index contributed by atoms with van der Waals surface area (Å²) in [4.78, 5) is 10.5. The molecule has 1 unspecified atom stereocenters. The molecule has 2 N–H and O–H groups in total. The maximum atomic E-state index is 10.5. The van der Waals surface area contributed by atoms with Crippen LogP contribution >= 0.6 is 0 Å². The van der Waals surface area contributed by atoms with E-state index >= 15 is 0 Å². The van der Waals surface area contributed by atoms with Crippen LogP contribution < -0.4 is 5.73 Å². The van der Waals surface area contributed by atoms with Gasteiger partial charge in [0.1, 0.15) is 0 Å². The zero-order valence-electron chi connectivity index (χ0n) is 6.05. The van der Waals surface area contributed by atoms with Crippen molar-refractivity contribution < 1.29 is 4.79 Å². The van der Waals surface area contributed by atoms with Gasteiger partial charge in [-0.25, -0.2) is 0 Å². The Bertz CT molecular complexity index is 90.9. The van der Waals surface area contributed by atoms with Crippen molar-refractivity contribution >= 4 is 5.91 Å². The molecule has 0 spiro atoms. The summed E-state index contributed by atoms with van der Waals surface area (Å²) in [5, 5.41) is 0. The van der Waals surface area contributed by atoms with Crippen molar-refractivity contribution in [2.75, 3.05) is 0 Å². The van der Waals surface area contributed by atoms with Crippen LogP contribution in [0, 0.1) is 12.3 Å². The van der Waals surface area contributed by atoms with Crippen molar-refractivity contribution in [2.24, 2.45) is 11.7 Å². The van der Waals surface area contributed by atoms with Crippen LogP contribution in [0.1, 0.15) is 26.7 Å². The summed E-state index contributed by atoms with van der Waals surface area (Å²) in [6.45, 7) is 3.97. The Morgan fingerprint density at radius 2 is 2.22 bits per heavy atom. The van der Waals surface area contributed by atoms with Crippen molar-refractivity contribution in [3.8, 4) is 0 Å². The molecule has 0 aromatic rings. The van der Waals surface area contributed by atoms with E-state index in [2.05, 4.69) is 0 Å². The number of rotatable bonds is 4. The summed E-state index contributed by atoms with van der Waals surface area (Å²) >= 11 is 0. The van der Waals surface area contributed by atoms with Gasteiger partial charge in [-0.3, -0.25) is 4.79 Å². The van der Waals surface area contributed by atoms with Crippen LogP contribution in [-0.4, -0.2) is 5.91 Å². The zero-order valence-corrected chi connectivity index (χ0v) is 6.05. The maximum absolute atomic E-state index is 10.5. The first-order valence-corrected chi connectivity index (χ1v) is 3.35. The van der Waals surface area contributed by atoms with Crippen LogP contribution in [0.5, 0.6) is 0 Å². The summed E-state index contributed by atoms with van der Waals surface area (Å²) in [6.07, 6.45) is 3.69. The first kappa shape index (κ1) is 8.47. The van der Waals surface area contributed by atoms with Gasteiger partial charge in [-0.05, 0) is 12.8 Å². The number of carbonyl (C=O) groups is 1. The van der Waals surface area contributed by atoms with Crippen LogP contribution in [0.2, 0.25) is 0 Å². The summed E-state index contributed by atoms with van der Waals surface area (Å²) in [6, 6.07) is 0. The number of hydrogen-bond donors (Lipinski definition) is 1. The number of carbonyl (C=O) groups excluding carboxylic acids is 1. The van der Waals surface area contributed by atoms with E-state index in [0.29, 0.717) is 0 Å². The highest BCUT2D eigenvalue weighted by Gasteiger charge is 2.10. The monoisotopic (exact) mass is 128 g/mol. The van der Waals surface area contributed by atoms with Crippen LogP contribution in [0.3, 0.4) is 0 Å². The minimum atomic E-state index is -0.209. The Labute approximate surface area is 56.4 Å². The molecule has 0 rings (SSSR count). The molecule has 0 heterocycles. The molecule has 1 radical (unpaired) electrons. The highest BCUT2D eigenvalue weighted by atomic mass is 16.1. The lowest BCUT2D eigenvalue weighted by molar-refractivity contribution is -0.120. The van der Waals surface area contributed by atoms with Gasteiger partial charge in [0.2, 0.25) is 5.91 Å². The molecule has 0 aliphatic carbocycles. The zero-order chi connectivity index (χ0) is 7.28. The average molecular weight is 128 g/mol. The second-order valence-corrected chi connectivity index (χ2v) is 2.06. The fourth-order valence-corrected chi connectivity index (χ4v) is 0.769. The summed E-state index contributed by atoms with van der Waals surface area (Å²) in [5.74, 6) is -0.227. The van der Waals surface area contributed by atoms with Gasteiger partial charge in [0.15, 0.2) is 0 Å². The van der Waals surface area contributed by atoms with Crippen LogP contribution in [-0.2, 0) is 4.79 Å². The molecule has 0 bridgehead atoms. The highest BCUT2D eigenvalue weighted by molar-refractivity contribution is 5.77. The maximum Gasteiger partial charge on any atom is 0.220 e. The summed E-state index contributed by atoms with van der Waals surface area (Å²) in [5.41, 5.74) is 5.06. The van der Waals surface area contributed by atoms with Crippen LogP contribution in [0.15, 0.2) is 0 Å². The molecule has 0 aliphatic heterocycles. The molecule has 0 aromatic carbocycles. The van der Waals surface area contributed by atoms with Crippen molar-refractivity contribution in [3.63, 3.8) is 0 Å². The molecule has 1 amide bonds. The second kappa shape index (κ2) is 4.36. The fraction of sp³-hybridized carbons (Fsp3) is 0.714. The Kier molecular flexibility index (Phi) is 4.10. The van der Waals surface area contributed by atoms with Gasteiger partial charge in [-0.15, -0.1) is 0 Å². The minimum absolute atomic E-state index is 0.0185. The fourth-order valence-electron chi connectivity index (χ4n) is 0.769. The summed E-state index contributed by atoms with van der Waals surface area (Å²) < 4.78 is 0. The van der Waals surface area contributed by atoms with E-state index in [0.717, 1.165) is 12.8 Å². The first-order valence-electron chi connectivity index (χ1n) is 3.35. The standard InChI is InChI=1S/C7H14NO/c1-3-5-6(4-2)7(8)9/h5-6H,3-4H2,1-2H3,(H2,8,9). The molecule has 0 aromatic heterocycles. The Balaban J connectivity index is 3.54. The number of nitrogens with two attached hydrogens (primary N) is 1. The van der Waals surface area contributed by atoms with Gasteiger partial charge >= 0.3 is 0 Å².